The summed E-state index contributed by atoms with van der Waals surface area (Å²) in [5.41, 5.74) is 6.56. The average molecular weight is 415 g/mol. The van der Waals surface area contributed by atoms with Crippen molar-refractivity contribution in [3.63, 3.8) is 0 Å². The summed E-state index contributed by atoms with van der Waals surface area (Å²) < 4.78 is 11.8. The third-order valence-corrected chi connectivity index (χ3v) is 3.54. The standard InChI is InChI=1S/C17H13BrN5O3/c18-12-8-21-17(22-9-12)26-7-6-25-16-13(11-4-2-1-3-5-11)10-20-15(23-16)14(19)24/h1-5,8-9H,6-7H2,(H2,19,24). The van der Waals surface area contributed by atoms with Gasteiger partial charge >= 0.3 is 6.01 Å². The van der Waals surface area contributed by atoms with Gasteiger partial charge in [-0.1, -0.05) is 30.3 Å². The van der Waals surface area contributed by atoms with Crippen LogP contribution in [0, 0.1) is 6.20 Å². The molecule has 1 aromatic carbocycles. The number of hydrogen-bond donors (Lipinski definition) is 1. The molecule has 131 valence electrons. The lowest BCUT2D eigenvalue weighted by atomic mass is 10.1. The zero-order valence-corrected chi connectivity index (χ0v) is 15.0. The van der Waals surface area contributed by atoms with Crippen molar-refractivity contribution in [3.8, 4) is 23.0 Å². The van der Waals surface area contributed by atoms with E-state index in [1.807, 2.05) is 30.3 Å². The second-order valence-electron chi connectivity index (χ2n) is 4.95. The number of ether oxygens (including phenoxy) is 2. The Morgan fingerprint density at radius 1 is 1.12 bits per heavy atom. The molecule has 2 N–H and O–H groups in total. The van der Waals surface area contributed by atoms with Crippen LogP contribution in [0.2, 0.25) is 0 Å². The number of nitrogens with two attached hydrogens (primary N) is 1. The van der Waals surface area contributed by atoms with Crippen LogP contribution < -0.4 is 15.2 Å². The van der Waals surface area contributed by atoms with Crippen LogP contribution >= 0.6 is 15.9 Å². The van der Waals surface area contributed by atoms with Crippen molar-refractivity contribution in [1.82, 2.24) is 19.9 Å². The monoisotopic (exact) mass is 414 g/mol. The molecule has 0 bridgehead atoms. The van der Waals surface area contributed by atoms with Gasteiger partial charge in [0.15, 0.2) is 0 Å². The summed E-state index contributed by atoms with van der Waals surface area (Å²) in [6, 6.07) is 9.56. The fraction of sp³-hybridized carbons (Fsp3) is 0.118. The summed E-state index contributed by atoms with van der Waals surface area (Å²) in [5, 5.41) is 0. The number of nitrogens with zero attached hydrogens (tertiary/aromatic N) is 4. The van der Waals surface area contributed by atoms with E-state index < -0.39 is 5.91 Å². The summed E-state index contributed by atoms with van der Waals surface area (Å²) in [6.45, 7) is 0.341. The van der Waals surface area contributed by atoms with Gasteiger partial charge in [-0.25, -0.2) is 15.0 Å². The SMILES string of the molecule is NC(=O)c1n[c]c(-c2ccccc2)c(OCCOc2ncc(Br)cn2)n1. The Hall–Kier alpha value is -3.07. The van der Waals surface area contributed by atoms with Crippen LogP contribution in [0.5, 0.6) is 11.9 Å². The van der Waals surface area contributed by atoms with Crippen LogP contribution in [-0.2, 0) is 0 Å². The normalized spacial score (nSPS) is 10.3. The first-order chi connectivity index (χ1) is 12.6. The molecule has 3 aromatic rings. The molecule has 9 heteroatoms. The maximum absolute atomic E-state index is 11.3. The molecule has 0 unspecified atom stereocenters. The molecule has 1 radical (unpaired) electrons. The number of primary amides is 1. The molecule has 8 nitrogen and oxygen atoms in total. The predicted molar refractivity (Wildman–Crippen MR) is 95.5 cm³/mol. The number of benzene rings is 1. The molecule has 0 spiro atoms. The largest absolute Gasteiger partial charge is 0.473 e. The number of hydrogen-bond acceptors (Lipinski definition) is 7. The molecule has 0 saturated heterocycles. The van der Waals surface area contributed by atoms with Crippen molar-refractivity contribution in [2.75, 3.05) is 13.2 Å². The van der Waals surface area contributed by atoms with E-state index in [0.29, 0.717) is 5.56 Å². The molecule has 0 fully saturated rings. The first kappa shape index (κ1) is 17.7. The van der Waals surface area contributed by atoms with Crippen molar-refractivity contribution >= 4 is 21.8 Å². The van der Waals surface area contributed by atoms with Crippen LogP contribution in [0.1, 0.15) is 10.6 Å². The Labute approximate surface area is 157 Å². The maximum atomic E-state index is 11.3. The molecule has 1 amide bonds. The molecule has 0 aliphatic heterocycles. The van der Waals surface area contributed by atoms with Gasteiger partial charge < -0.3 is 15.2 Å². The van der Waals surface area contributed by atoms with Crippen molar-refractivity contribution in [2.24, 2.45) is 5.73 Å². The zero-order chi connectivity index (χ0) is 18.4. The smallest absolute Gasteiger partial charge is 0.316 e. The fourth-order valence-corrected chi connectivity index (χ4v) is 2.19. The zero-order valence-electron chi connectivity index (χ0n) is 13.4. The first-order valence-corrected chi connectivity index (χ1v) is 8.31. The summed E-state index contributed by atoms with van der Waals surface area (Å²) >= 11 is 3.25. The van der Waals surface area contributed by atoms with E-state index in [9.17, 15) is 4.79 Å². The number of halogens is 1. The first-order valence-electron chi connectivity index (χ1n) is 7.51. The van der Waals surface area contributed by atoms with E-state index in [-0.39, 0.29) is 30.9 Å². The van der Waals surface area contributed by atoms with E-state index in [1.54, 1.807) is 12.4 Å². The Balaban J connectivity index is 1.71. The summed E-state index contributed by atoms with van der Waals surface area (Å²) in [5.74, 6) is -0.734. The molecule has 0 aliphatic rings. The van der Waals surface area contributed by atoms with Crippen LogP contribution in [0.25, 0.3) is 11.1 Å². The number of aromatic nitrogens is 4. The van der Waals surface area contributed by atoms with Gasteiger partial charge in [-0.15, -0.1) is 0 Å². The maximum Gasteiger partial charge on any atom is 0.316 e. The van der Waals surface area contributed by atoms with Crippen molar-refractivity contribution < 1.29 is 14.3 Å². The van der Waals surface area contributed by atoms with Gasteiger partial charge in [-0.3, -0.25) is 4.79 Å². The lowest BCUT2D eigenvalue weighted by Crippen LogP contribution is -2.17. The number of carbonyl (C=O) groups is 1. The third-order valence-electron chi connectivity index (χ3n) is 3.13. The van der Waals surface area contributed by atoms with Crippen molar-refractivity contribution in [1.29, 1.82) is 0 Å². The van der Waals surface area contributed by atoms with Gasteiger partial charge in [0.1, 0.15) is 19.4 Å². The number of rotatable bonds is 7. The van der Waals surface area contributed by atoms with Crippen molar-refractivity contribution in [2.45, 2.75) is 0 Å². The third kappa shape index (κ3) is 4.51. The summed E-state index contributed by atoms with van der Waals surface area (Å²) in [4.78, 5) is 27.2. The molecule has 0 atom stereocenters. The highest BCUT2D eigenvalue weighted by Crippen LogP contribution is 2.26. The number of carbonyl (C=O) groups excluding carboxylic acids is 1. The minimum Gasteiger partial charge on any atom is -0.473 e. The quantitative estimate of drug-likeness (QED) is 0.588. The van der Waals surface area contributed by atoms with Crippen molar-refractivity contribution in [3.05, 3.63) is 59.2 Å². The minimum atomic E-state index is -0.759. The highest BCUT2D eigenvalue weighted by molar-refractivity contribution is 9.10. The van der Waals surface area contributed by atoms with E-state index in [2.05, 4.69) is 42.1 Å². The van der Waals surface area contributed by atoms with E-state index in [4.69, 9.17) is 15.2 Å². The Morgan fingerprint density at radius 2 is 1.81 bits per heavy atom. The molecule has 26 heavy (non-hydrogen) atoms. The fourth-order valence-electron chi connectivity index (χ4n) is 1.99. The summed E-state index contributed by atoms with van der Waals surface area (Å²) in [6.07, 6.45) is 5.92. The van der Waals surface area contributed by atoms with Gasteiger partial charge in [-0.05, 0) is 21.5 Å². The van der Waals surface area contributed by atoms with Gasteiger partial charge in [0.2, 0.25) is 11.7 Å². The Bertz CT molecular complexity index is 891. The second-order valence-corrected chi connectivity index (χ2v) is 5.87. The van der Waals surface area contributed by atoms with Gasteiger partial charge in [0.05, 0.1) is 10.0 Å². The van der Waals surface area contributed by atoms with Gasteiger partial charge in [0.25, 0.3) is 5.91 Å². The molecular weight excluding hydrogens is 402 g/mol. The molecule has 3 rings (SSSR count). The molecule has 0 saturated carbocycles. The predicted octanol–water partition coefficient (Wildman–Crippen LogP) is 2.05. The minimum absolute atomic E-state index is 0.155. The lowest BCUT2D eigenvalue weighted by Gasteiger charge is -2.11. The average Bonchev–Trinajstić information content (AvgIpc) is 2.67. The van der Waals surface area contributed by atoms with Crippen LogP contribution in [0.4, 0.5) is 0 Å². The molecule has 0 aliphatic carbocycles. The Morgan fingerprint density at radius 3 is 2.50 bits per heavy atom. The Kier molecular flexibility index (Phi) is 5.69. The van der Waals surface area contributed by atoms with Crippen LogP contribution in [0.15, 0.2) is 47.2 Å². The molecule has 2 heterocycles. The lowest BCUT2D eigenvalue weighted by molar-refractivity contribution is 0.0988. The second kappa shape index (κ2) is 8.34. The van der Waals surface area contributed by atoms with E-state index >= 15 is 0 Å². The highest BCUT2D eigenvalue weighted by atomic mass is 79.9. The van der Waals surface area contributed by atoms with E-state index in [0.717, 1.165) is 10.0 Å². The topological polar surface area (TPSA) is 113 Å². The molecule has 2 aromatic heterocycles. The van der Waals surface area contributed by atoms with Gasteiger partial charge in [0, 0.05) is 12.4 Å². The van der Waals surface area contributed by atoms with Crippen LogP contribution in [-0.4, -0.2) is 39.1 Å². The van der Waals surface area contributed by atoms with Gasteiger partial charge in [-0.2, -0.15) is 4.98 Å². The summed E-state index contributed by atoms with van der Waals surface area (Å²) in [7, 11) is 0. The van der Waals surface area contributed by atoms with Crippen LogP contribution in [0.3, 0.4) is 0 Å². The van der Waals surface area contributed by atoms with E-state index in [1.165, 1.54) is 0 Å². The highest BCUT2D eigenvalue weighted by Gasteiger charge is 2.14. The molecular formula is C17H13BrN5O3. The number of amides is 1.